The molecule has 0 aromatic carbocycles. The largest absolute Gasteiger partial charge is 0.301 e. The first-order valence-corrected chi connectivity index (χ1v) is 8.59. The maximum atomic E-state index is 2.63. The molecule has 1 aliphatic heterocycles. The Labute approximate surface area is 121 Å². The van der Waals surface area contributed by atoms with Gasteiger partial charge in [0.15, 0.2) is 0 Å². The molecule has 2 heteroatoms. The van der Waals surface area contributed by atoms with E-state index in [0.717, 1.165) is 12.1 Å². The van der Waals surface area contributed by atoms with Crippen LogP contribution >= 0.6 is 0 Å². The molecule has 0 amide bonds. The minimum absolute atomic E-state index is 0.795. The molecule has 0 aromatic rings. The zero-order chi connectivity index (χ0) is 14.1. The number of nitrogens with zero attached hydrogens (tertiary/aromatic N) is 2. The molecule has 0 spiro atoms. The van der Waals surface area contributed by atoms with Gasteiger partial charge in [0.1, 0.15) is 0 Å². The molecule has 0 bridgehead atoms. The van der Waals surface area contributed by atoms with E-state index >= 15 is 0 Å². The van der Waals surface area contributed by atoms with Gasteiger partial charge in [0.25, 0.3) is 0 Å². The van der Waals surface area contributed by atoms with Crippen LogP contribution in [-0.4, -0.2) is 49.1 Å². The molecule has 0 radical (unpaired) electrons. The third-order valence-electron chi connectivity index (χ3n) is 4.78. The highest BCUT2D eigenvalue weighted by Gasteiger charge is 2.28. The summed E-state index contributed by atoms with van der Waals surface area (Å²) in [5.74, 6) is 0. The number of unbranched alkanes of at least 4 members (excludes halogenated alkanes) is 5. The number of likely N-dealkylation sites (N-methyl/N-ethyl adjacent to an activating group) is 2. The van der Waals surface area contributed by atoms with Crippen molar-refractivity contribution in [3.8, 4) is 0 Å². The topological polar surface area (TPSA) is 6.48 Å². The van der Waals surface area contributed by atoms with Gasteiger partial charge in [-0.15, -0.1) is 0 Å². The predicted octanol–water partition coefficient (Wildman–Crippen LogP) is 4.15. The number of piperazine rings is 1. The van der Waals surface area contributed by atoms with E-state index in [-0.39, 0.29) is 0 Å². The van der Waals surface area contributed by atoms with E-state index in [0.29, 0.717) is 0 Å². The third kappa shape index (κ3) is 6.27. The molecule has 0 aromatic heterocycles. The first-order chi connectivity index (χ1) is 9.19. The molecular formula is C17H36N2. The average molecular weight is 268 g/mol. The van der Waals surface area contributed by atoms with Gasteiger partial charge in [-0.2, -0.15) is 0 Å². The Bertz CT molecular complexity index is 217. The monoisotopic (exact) mass is 268 g/mol. The van der Waals surface area contributed by atoms with E-state index < -0.39 is 0 Å². The molecule has 19 heavy (non-hydrogen) atoms. The van der Waals surface area contributed by atoms with Crippen LogP contribution in [0.3, 0.4) is 0 Å². The molecule has 2 atom stereocenters. The lowest BCUT2D eigenvalue weighted by Gasteiger charge is -2.43. The lowest BCUT2D eigenvalue weighted by Crippen LogP contribution is -2.55. The Morgan fingerprint density at radius 1 is 0.684 bits per heavy atom. The lowest BCUT2D eigenvalue weighted by atomic mass is 9.98. The van der Waals surface area contributed by atoms with Gasteiger partial charge >= 0.3 is 0 Å². The van der Waals surface area contributed by atoms with E-state index in [1.807, 2.05) is 0 Å². The summed E-state index contributed by atoms with van der Waals surface area (Å²) >= 11 is 0. The maximum Gasteiger partial charge on any atom is 0.0220 e. The smallest absolute Gasteiger partial charge is 0.0220 e. The summed E-state index contributed by atoms with van der Waals surface area (Å²) in [6.45, 7) is 7.14. The minimum atomic E-state index is 0.795. The number of rotatable bonds is 9. The van der Waals surface area contributed by atoms with Crippen LogP contribution in [0.5, 0.6) is 0 Å². The molecule has 2 unspecified atom stereocenters. The molecule has 1 saturated heterocycles. The van der Waals surface area contributed by atoms with Crippen molar-refractivity contribution in [3.05, 3.63) is 0 Å². The Hall–Kier alpha value is -0.0800. The van der Waals surface area contributed by atoms with Gasteiger partial charge in [0, 0.05) is 25.2 Å². The van der Waals surface area contributed by atoms with Crippen molar-refractivity contribution in [2.24, 2.45) is 0 Å². The zero-order valence-corrected chi connectivity index (χ0v) is 13.8. The van der Waals surface area contributed by atoms with Gasteiger partial charge < -0.3 is 9.80 Å². The van der Waals surface area contributed by atoms with Gasteiger partial charge in [-0.1, -0.05) is 58.8 Å². The standard InChI is InChI=1S/C17H36N2/c1-5-7-9-11-13-17-15-18(3)16(14-19(17)4)12-10-8-6-2/h16-17H,5-15H2,1-4H3. The van der Waals surface area contributed by atoms with Crippen LogP contribution in [0.15, 0.2) is 0 Å². The summed E-state index contributed by atoms with van der Waals surface area (Å²) in [5, 5.41) is 0. The van der Waals surface area contributed by atoms with Crippen molar-refractivity contribution in [1.29, 1.82) is 0 Å². The van der Waals surface area contributed by atoms with Crippen LogP contribution in [0.1, 0.15) is 71.6 Å². The molecule has 1 rings (SSSR count). The van der Waals surface area contributed by atoms with E-state index in [1.54, 1.807) is 0 Å². The second-order valence-electron chi connectivity index (χ2n) is 6.53. The molecule has 0 N–H and O–H groups in total. The average Bonchev–Trinajstić information content (AvgIpc) is 2.39. The fourth-order valence-electron chi connectivity index (χ4n) is 3.30. The molecule has 114 valence electrons. The van der Waals surface area contributed by atoms with Gasteiger partial charge in [-0.05, 0) is 26.9 Å². The van der Waals surface area contributed by atoms with E-state index in [4.69, 9.17) is 0 Å². The number of hydrogen-bond donors (Lipinski definition) is 0. The maximum absolute atomic E-state index is 2.63. The molecule has 1 fully saturated rings. The predicted molar refractivity (Wildman–Crippen MR) is 85.7 cm³/mol. The molecule has 1 heterocycles. The summed E-state index contributed by atoms with van der Waals surface area (Å²) < 4.78 is 0. The Balaban J connectivity index is 2.25. The highest BCUT2D eigenvalue weighted by molar-refractivity contribution is 4.85. The molecular weight excluding hydrogens is 232 g/mol. The molecule has 2 nitrogen and oxygen atoms in total. The quantitative estimate of drug-likeness (QED) is 0.580. The van der Waals surface area contributed by atoms with Gasteiger partial charge in [0.05, 0.1) is 0 Å². The summed E-state index contributed by atoms with van der Waals surface area (Å²) in [6.07, 6.45) is 12.5. The summed E-state index contributed by atoms with van der Waals surface area (Å²) in [5.41, 5.74) is 0. The Morgan fingerprint density at radius 2 is 1.11 bits per heavy atom. The van der Waals surface area contributed by atoms with Crippen molar-refractivity contribution in [2.75, 3.05) is 27.2 Å². The molecule has 0 aliphatic carbocycles. The van der Waals surface area contributed by atoms with Crippen LogP contribution in [0, 0.1) is 0 Å². The van der Waals surface area contributed by atoms with Crippen molar-refractivity contribution in [3.63, 3.8) is 0 Å². The minimum Gasteiger partial charge on any atom is -0.301 e. The summed E-state index contributed by atoms with van der Waals surface area (Å²) in [7, 11) is 4.67. The summed E-state index contributed by atoms with van der Waals surface area (Å²) in [4.78, 5) is 5.25. The van der Waals surface area contributed by atoms with E-state index in [2.05, 4.69) is 37.7 Å². The first-order valence-electron chi connectivity index (χ1n) is 8.59. The molecule has 1 aliphatic rings. The highest BCUT2D eigenvalue weighted by atomic mass is 15.3. The van der Waals surface area contributed by atoms with E-state index in [9.17, 15) is 0 Å². The van der Waals surface area contributed by atoms with Crippen molar-refractivity contribution in [1.82, 2.24) is 9.80 Å². The van der Waals surface area contributed by atoms with Crippen molar-refractivity contribution >= 4 is 0 Å². The lowest BCUT2D eigenvalue weighted by molar-refractivity contribution is 0.0528. The fourth-order valence-corrected chi connectivity index (χ4v) is 3.30. The highest BCUT2D eigenvalue weighted by Crippen LogP contribution is 2.20. The van der Waals surface area contributed by atoms with Crippen molar-refractivity contribution in [2.45, 2.75) is 83.7 Å². The normalized spacial score (nSPS) is 25.9. The summed E-state index contributed by atoms with van der Waals surface area (Å²) in [6, 6.07) is 1.59. The number of hydrogen-bond acceptors (Lipinski definition) is 2. The van der Waals surface area contributed by atoms with Crippen LogP contribution < -0.4 is 0 Å². The first kappa shape index (κ1) is 17.0. The van der Waals surface area contributed by atoms with Crippen LogP contribution in [0.4, 0.5) is 0 Å². The molecule has 0 saturated carbocycles. The van der Waals surface area contributed by atoms with Crippen LogP contribution in [0.2, 0.25) is 0 Å². The van der Waals surface area contributed by atoms with Crippen molar-refractivity contribution < 1.29 is 0 Å². The van der Waals surface area contributed by atoms with E-state index in [1.165, 1.54) is 70.9 Å². The van der Waals surface area contributed by atoms with Crippen LogP contribution in [-0.2, 0) is 0 Å². The second kappa shape index (κ2) is 9.77. The van der Waals surface area contributed by atoms with Gasteiger partial charge in [-0.25, -0.2) is 0 Å². The Morgan fingerprint density at radius 3 is 1.58 bits per heavy atom. The Kier molecular flexibility index (Phi) is 8.72. The fraction of sp³-hybridized carbons (Fsp3) is 1.00. The van der Waals surface area contributed by atoms with Gasteiger partial charge in [0.2, 0.25) is 0 Å². The zero-order valence-electron chi connectivity index (χ0n) is 13.8. The third-order valence-corrected chi connectivity index (χ3v) is 4.78. The van der Waals surface area contributed by atoms with Crippen LogP contribution in [0.25, 0.3) is 0 Å². The van der Waals surface area contributed by atoms with Gasteiger partial charge in [-0.3, -0.25) is 0 Å². The second-order valence-corrected chi connectivity index (χ2v) is 6.53. The SMILES string of the molecule is CCCCCCC1CN(C)C(CCCCC)CN1C.